The van der Waals surface area contributed by atoms with Gasteiger partial charge < -0.3 is 4.42 Å². The number of hydrogen-bond donors (Lipinski definition) is 0. The van der Waals surface area contributed by atoms with Crippen LogP contribution in [0.25, 0.3) is 101 Å². The maximum absolute atomic E-state index is 6.41. The van der Waals surface area contributed by atoms with Gasteiger partial charge in [0.15, 0.2) is 17.5 Å². The molecule has 0 aliphatic heterocycles. The van der Waals surface area contributed by atoms with Crippen LogP contribution in [-0.2, 0) is 5.41 Å². The van der Waals surface area contributed by atoms with Crippen molar-refractivity contribution in [3.8, 4) is 78.7 Å². The fraction of sp³-hybridized carbons (Fsp3) is 0.0172. The van der Waals surface area contributed by atoms with Gasteiger partial charge in [-0.05, 0) is 85.0 Å². The molecule has 0 unspecified atom stereocenters. The average Bonchev–Trinajstić information content (AvgIpc) is 3.98. The first-order valence-corrected chi connectivity index (χ1v) is 21.1. The number of para-hydroxylation sites is 2. The van der Waals surface area contributed by atoms with Crippen LogP contribution in [0.1, 0.15) is 22.3 Å². The molecule has 62 heavy (non-hydrogen) atoms. The van der Waals surface area contributed by atoms with Crippen molar-refractivity contribution in [2.24, 2.45) is 0 Å². The van der Waals surface area contributed by atoms with Crippen molar-refractivity contribution in [1.82, 2.24) is 15.0 Å². The highest BCUT2D eigenvalue weighted by Gasteiger charge is 2.51. The summed E-state index contributed by atoms with van der Waals surface area (Å²) in [4.78, 5) is 15.1. The molecule has 2 aromatic heterocycles. The highest BCUT2D eigenvalue weighted by Crippen LogP contribution is 2.63. The molecule has 0 atom stereocenters. The Hall–Kier alpha value is -8.21. The second kappa shape index (κ2) is 13.4. The minimum Gasteiger partial charge on any atom is -0.455 e. The average molecular weight is 790 g/mol. The molecular weight excluding hydrogens is 755 g/mol. The van der Waals surface area contributed by atoms with Crippen LogP contribution in [0, 0.1) is 0 Å². The molecule has 0 saturated carbocycles. The minimum absolute atomic E-state index is 0.331. The largest absolute Gasteiger partial charge is 0.455 e. The lowest BCUT2D eigenvalue weighted by molar-refractivity contribution is 0.669. The van der Waals surface area contributed by atoms with Gasteiger partial charge in [0.1, 0.15) is 11.2 Å². The molecular formula is C58H35N3O. The molecule has 13 rings (SSSR count). The lowest BCUT2D eigenvalue weighted by atomic mass is 9.70. The van der Waals surface area contributed by atoms with Crippen LogP contribution in [0.15, 0.2) is 217 Å². The Morgan fingerprint density at radius 3 is 1.37 bits per heavy atom. The van der Waals surface area contributed by atoms with E-state index >= 15 is 0 Å². The van der Waals surface area contributed by atoms with Crippen molar-refractivity contribution in [3.05, 3.63) is 235 Å². The summed E-state index contributed by atoms with van der Waals surface area (Å²) in [5.74, 6) is 1.79. The second-order valence-corrected chi connectivity index (χ2v) is 16.3. The van der Waals surface area contributed by atoms with Crippen molar-refractivity contribution in [1.29, 1.82) is 0 Å². The Morgan fingerprint density at radius 1 is 0.290 bits per heavy atom. The molecule has 0 N–H and O–H groups in total. The lowest BCUT2D eigenvalue weighted by Crippen LogP contribution is -2.25. The van der Waals surface area contributed by atoms with Gasteiger partial charge in [0.2, 0.25) is 0 Å². The SMILES string of the molecule is c1ccc(-c2nc(-c3ccc(-c4ccc(-c5ccc6c(c5)-c5ccccc5C65c6ccccc6-c6ccccc65)cc4)cc3)nc(-c3cccc4c3oc3ccccc34)n2)cc1. The third-order valence-electron chi connectivity index (χ3n) is 13.0. The number of hydrogen-bond acceptors (Lipinski definition) is 4. The summed E-state index contributed by atoms with van der Waals surface area (Å²) >= 11 is 0. The van der Waals surface area contributed by atoms with Gasteiger partial charge in [0, 0.05) is 21.9 Å². The quantitative estimate of drug-likeness (QED) is 0.174. The molecule has 0 radical (unpaired) electrons. The molecule has 0 amide bonds. The van der Waals surface area contributed by atoms with Crippen molar-refractivity contribution < 1.29 is 4.42 Å². The van der Waals surface area contributed by atoms with E-state index in [9.17, 15) is 0 Å². The summed E-state index contributed by atoms with van der Waals surface area (Å²) in [5, 5.41) is 2.10. The van der Waals surface area contributed by atoms with Gasteiger partial charge in [0.25, 0.3) is 0 Å². The molecule has 288 valence electrons. The third-order valence-corrected chi connectivity index (χ3v) is 13.0. The van der Waals surface area contributed by atoms with E-state index in [1.165, 1.54) is 55.6 Å². The predicted octanol–water partition coefficient (Wildman–Crippen LogP) is 14.4. The van der Waals surface area contributed by atoms with E-state index in [0.29, 0.717) is 17.5 Å². The summed E-state index contributed by atoms with van der Waals surface area (Å²) in [7, 11) is 0. The molecule has 9 aromatic carbocycles. The second-order valence-electron chi connectivity index (χ2n) is 16.3. The first-order valence-electron chi connectivity index (χ1n) is 21.1. The normalized spacial score (nSPS) is 13.0. The highest BCUT2D eigenvalue weighted by atomic mass is 16.3. The smallest absolute Gasteiger partial charge is 0.167 e. The van der Waals surface area contributed by atoms with Crippen molar-refractivity contribution in [2.45, 2.75) is 5.41 Å². The van der Waals surface area contributed by atoms with Gasteiger partial charge in [-0.15, -0.1) is 0 Å². The monoisotopic (exact) mass is 789 g/mol. The van der Waals surface area contributed by atoms with Crippen LogP contribution in [0.4, 0.5) is 0 Å². The zero-order chi connectivity index (χ0) is 40.8. The number of nitrogens with zero attached hydrogens (tertiary/aromatic N) is 3. The van der Waals surface area contributed by atoms with Crippen LogP contribution in [0.3, 0.4) is 0 Å². The first-order chi connectivity index (χ1) is 30.7. The van der Waals surface area contributed by atoms with Gasteiger partial charge in [-0.3, -0.25) is 0 Å². The number of furan rings is 1. The lowest BCUT2D eigenvalue weighted by Gasteiger charge is -2.30. The molecule has 2 aliphatic rings. The molecule has 4 heteroatoms. The van der Waals surface area contributed by atoms with Crippen LogP contribution < -0.4 is 0 Å². The van der Waals surface area contributed by atoms with Gasteiger partial charge >= 0.3 is 0 Å². The summed E-state index contributed by atoms with van der Waals surface area (Å²) in [6, 6.07) is 75.8. The van der Waals surface area contributed by atoms with Crippen molar-refractivity contribution in [2.75, 3.05) is 0 Å². The Balaban J connectivity index is 0.848. The summed E-state index contributed by atoms with van der Waals surface area (Å²) in [6.45, 7) is 0. The Labute approximate surface area is 358 Å². The molecule has 2 aliphatic carbocycles. The van der Waals surface area contributed by atoms with E-state index in [4.69, 9.17) is 19.4 Å². The molecule has 1 spiro atoms. The fourth-order valence-corrected chi connectivity index (χ4v) is 10.2. The standard InChI is InChI=1S/C58H35N3O/c1-2-13-39(14-3-1)55-59-56(61-57(60-55)47-20-12-19-46-45-18-7-11-24-53(45)62-54(46)47)40-31-29-37(30-32-40)36-25-27-38(28-26-36)41-33-34-52-48(35-41)44-17-6-10-23-51(44)58(52)49-21-8-4-15-42(49)43-16-5-9-22-50(43)58/h1-35H. The highest BCUT2D eigenvalue weighted by molar-refractivity contribution is 6.09. The predicted molar refractivity (Wildman–Crippen MR) is 251 cm³/mol. The van der Waals surface area contributed by atoms with Gasteiger partial charge in [-0.25, -0.2) is 15.0 Å². The molecule has 4 nitrogen and oxygen atoms in total. The van der Waals surface area contributed by atoms with E-state index in [0.717, 1.165) is 49.8 Å². The van der Waals surface area contributed by atoms with Gasteiger partial charge in [-0.1, -0.05) is 194 Å². The van der Waals surface area contributed by atoms with Crippen LogP contribution in [0.2, 0.25) is 0 Å². The Bertz CT molecular complexity index is 3520. The fourth-order valence-electron chi connectivity index (χ4n) is 10.2. The van der Waals surface area contributed by atoms with Gasteiger partial charge in [0.05, 0.1) is 11.0 Å². The Morgan fingerprint density at radius 2 is 0.726 bits per heavy atom. The van der Waals surface area contributed by atoms with E-state index in [-0.39, 0.29) is 5.41 Å². The van der Waals surface area contributed by atoms with Crippen LogP contribution in [-0.4, -0.2) is 15.0 Å². The summed E-state index contributed by atoms with van der Waals surface area (Å²) in [6.07, 6.45) is 0. The van der Waals surface area contributed by atoms with Crippen molar-refractivity contribution >= 4 is 21.9 Å². The van der Waals surface area contributed by atoms with E-state index in [2.05, 4.69) is 152 Å². The molecule has 0 saturated heterocycles. The summed E-state index contributed by atoms with van der Waals surface area (Å²) < 4.78 is 6.41. The maximum atomic E-state index is 6.41. The number of fused-ring (bicyclic) bond motifs is 13. The molecule has 11 aromatic rings. The van der Waals surface area contributed by atoms with Crippen molar-refractivity contribution in [3.63, 3.8) is 0 Å². The number of benzene rings is 9. The zero-order valence-corrected chi connectivity index (χ0v) is 33.5. The van der Waals surface area contributed by atoms with E-state index < -0.39 is 0 Å². The molecule has 0 fully saturated rings. The number of rotatable bonds is 5. The van der Waals surface area contributed by atoms with Crippen LogP contribution >= 0.6 is 0 Å². The van der Waals surface area contributed by atoms with Gasteiger partial charge in [-0.2, -0.15) is 0 Å². The van der Waals surface area contributed by atoms with E-state index in [1.54, 1.807) is 0 Å². The molecule has 0 bridgehead atoms. The molecule has 2 heterocycles. The maximum Gasteiger partial charge on any atom is 0.167 e. The zero-order valence-electron chi connectivity index (χ0n) is 33.5. The summed E-state index contributed by atoms with van der Waals surface area (Å²) in [5.41, 5.74) is 19.3. The first kappa shape index (κ1) is 34.6. The topological polar surface area (TPSA) is 51.8 Å². The minimum atomic E-state index is -0.331. The van der Waals surface area contributed by atoms with E-state index in [1.807, 2.05) is 60.7 Å². The number of aromatic nitrogens is 3. The third kappa shape index (κ3) is 5.04. The Kier molecular flexibility index (Phi) is 7.49. The van der Waals surface area contributed by atoms with Crippen LogP contribution in [0.5, 0.6) is 0 Å².